The van der Waals surface area contributed by atoms with E-state index in [4.69, 9.17) is 5.73 Å². The zero-order valence-corrected chi connectivity index (χ0v) is 12.0. The molecule has 2 aromatic rings. The minimum Gasteiger partial charge on any atom is -0.397 e. The van der Waals surface area contributed by atoms with E-state index in [9.17, 15) is 4.79 Å². The van der Waals surface area contributed by atoms with Gasteiger partial charge in [0.25, 0.3) is 5.91 Å². The van der Waals surface area contributed by atoms with Crippen molar-refractivity contribution >= 4 is 11.6 Å². The number of nitrogen functional groups attached to an aromatic ring is 1. The molecule has 1 amide bonds. The molecular formula is C16H21N3O. The van der Waals surface area contributed by atoms with Crippen molar-refractivity contribution in [3.8, 4) is 0 Å². The van der Waals surface area contributed by atoms with Crippen LogP contribution in [0.4, 0.5) is 5.69 Å². The number of nitrogens with one attached hydrogen (secondary N) is 1. The van der Waals surface area contributed by atoms with Gasteiger partial charge in [-0.15, -0.1) is 0 Å². The standard InChI is InChI=1S/C16H21N3O/c1-3-9-19-11-14(17)10-15(19)16(20)18-12(2)13-7-5-4-6-8-13/h4-8,10-12H,3,9,17H2,1-2H3,(H,18,20)/t12-/m1/s1. The van der Waals surface area contributed by atoms with Crippen LogP contribution >= 0.6 is 0 Å². The van der Waals surface area contributed by atoms with Crippen LogP contribution in [0.1, 0.15) is 42.4 Å². The van der Waals surface area contributed by atoms with Gasteiger partial charge in [0.1, 0.15) is 5.69 Å². The zero-order valence-electron chi connectivity index (χ0n) is 12.0. The highest BCUT2D eigenvalue weighted by Gasteiger charge is 2.15. The summed E-state index contributed by atoms with van der Waals surface area (Å²) in [5, 5.41) is 3.01. The van der Waals surface area contributed by atoms with Crippen LogP contribution in [0.15, 0.2) is 42.6 Å². The lowest BCUT2D eigenvalue weighted by atomic mass is 10.1. The van der Waals surface area contributed by atoms with Crippen LogP contribution in [0.3, 0.4) is 0 Å². The van der Waals surface area contributed by atoms with Crippen LogP contribution in [0.2, 0.25) is 0 Å². The number of nitrogens with two attached hydrogens (primary N) is 1. The Bertz CT molecular complexity index is 575. The van der Waals surface area contributed by atoms with E-state index < -0.39 is 0 Å². The number of anilines is 1. The first-order valence-corrected chi connectivity index (χ1v) is 6.93. The maximum atomic E-state index is 12.3. The van der Waals surface area contributed by atoms with Crippen molar-refractivity contribution in [2.45, 2.75) is 32.9 Å². The summed E-state index contributed by atoms with van der Waals surface area (Å²) in [4.78, 5) is 12.3. The molecule has 0 aliphatic carbocycles. The van der Waals surface area contributed by atoms with E-state index in [0.29, 0.717) is 11.4 Å². The lowest BCUT2D eigenvalue weighted by Gasteiger charge is -2.15. The predicted molar refractivity (Wildman–Crippen MR) is 81.5 cm³/mol. The number of carbonyl (C=O) groups is 1. The summed E-state index contributed by atoms with van der Waals surface area (Å²) >= 11 is 0. The van der Waals surface area contributed by atoms with Crippen LogP contribution < -0.4 is 11.1 Å². The normalized spacial score (nSPS) is 12.1. The molecule has 0 saturated carbocycles. The van der Waals surface area contributed by atoms with Crippen molar-refractivity contribution in [1.82, 2.24) is 9.88 Å². The Kier molecular flexibility index (Phi) is 4.45. The highest BCUT2D eigenvalue weighted by atomic mass is 16.2. The number of benzene rings is 1. The van der Waals surface area contributed by atoms with Crippen molar-refractivity contribution in [2.24, 2.45) is 0 Å². The quantitative estimate of drug-likeness (QED) is 0.878. The van der Waals surface area contributed by atoms with Crippen molar-refractivity contribution in [2.75, 3.05) is 5.73 Å². The van der Waals surface area contributed by atoms with E-state index in [-0.39, 0.29) is 11.9 Å². The Balaban J connectivity index is 2.12. The largest absolute Gasteiger partial charge is 0.397 e. The van der Waals surface area contributed by atoms with Gasteiger partial charge in [-0.2, -0.15) is 0 Å². The first-order chi connectivity index (χ1) is 9.61. The summed E-state index contributed by atoms with van der Waals surface area (Å²) in [6.45, 7) is 4.84. The molecule has 1 heterocycles. The number of hydrogen-bond donors (Lipinski definition) is 2. The van der Waals surface area contributed by atoms with Crippen molar-refractivity contribution in [3.63, 3.8) is 0 Å². The van der Waals surface area contributed by atoms with E-state index in [2.05, 4.69) is 12.2 Å². The molecule has 0 spiro atoms. The number of carbonyl (C=O) groups excluding carboxylic acids is 1. The van der Waals surface area contributed by atoms with E-state index in [1.807, 2.05) is 48.0 Å². The first-order valence-electron chi connectivity index (χ1n) is 6.93. The smallest absolute Gasteiger partial charge is 0.268 e. The van der Waals surface area contributed by atoms with Gasteiger partial charge in [0.15, 0.2) is 0 Å². The number of amides is 1. The summed E-state index contributed by atoms with van der Waals surface area (Å²) in [5.41, 5.74) is 8.11. The molecule has 1 aromatic heterocycles. The Morgan fingerprint density at radius 2 is 2.05 bits per heavy atom. The van der Waals surface area contributed by atoms with Gasteiger partial charge in [-0.05, 0) is 25.0 Å². The molecule has 0 saturated heterocycles. The van der Waals surface area contributed by atoms with Crippen molar-refractivity contribution in [3.05, 3.63) is 53.9 Å². The molecule has 20 heavy (non-hydrogen) atoms. The van der Waals surface area contributed by atoms with Crippen LogP contribution in [-0.4, -0.2) is 10.5 Å². The van der Waals surface area contributed by atoms with Crippen molar-refractivity contribution in [1.29, 1.82) is 0 Å². The monoisotopic (exact) mass is 271 g/mol. The molecule has 3 N–H and O–H groups in total. The molecule has 0 aliphatic heterocycles. The molecule has 0 unspecified atom stereocenters. The molecule has 0 radical (unpaired) electrons. The third-order valence-electron chi connectivity index (χ3n) is 3.26. The second-order valence-electron chi connectivity index (χ2n) is 4.96. The number of hydrogen-bond acceptors (Lipinski definition) is 2. The predicted octanol–water partition coefficient (Wildman–Crippen LogP) is 2.97. The fourth-order valence-electron chi connectivity index (χ4n) is 2.25. The third kappa shape index (κ3) is 3.20. The maximum absolute atomic E-state index is 12.3. The minimum absolute atomic E-state index is 0.0325. The fraction of sp³-hybridized carbons (Fsp3) is 0.312. The first kappa shape index (κ1) is 14.2. The molecule has 0 bridgehead atoms. The average molecular weight is 271 g/mol. The molecule has 0 fully saturated rings. The second kappa shape index (κ2) is 6.28. The van der Waals surface area contributed by atoms with E-state index in [1.54, 1.807) is 6.07 Å². The topological polar surface area (TPSA) is 60.0 Å². The van der Waals surface area contributed by atoms with Crippen LogP contribution in [0, 0.1) is 0 Å². The van der Waals surface area contributed by atoms with Gasteiger partial charge in [-0.25, -0.2) is 0 Å². The van der Waals surface area contributed by atoms with Crippen LogP contribution in [-0.2, 0) is 6.54 Å². The molecule has 4 nitrogen and oxygen atoms in total. The van der Waals surface area contributed by atoms with Crippen molar-refractivity contribution < 1.29 is 4.79 Å². The number of nitrogens with zero attached hydrogens (tertiary/aromatic N) is 1. The SMILES string of the molecule is CCCn1cc(N)cc1C(=O)N[C@H](C)c1ccccc1. The molecule has 1 atom stereocenters. The Hall–Kier alpha value is -2.23. The Morgan fingerprint density at radius 3 is 2.70 bits per heavy atom. The summed E-state index contributed by atoms with van der Waals surface area (Å²) in [7, 11) is 0. The molecule has 1 aromatic carbocycles. The summed E-state index contributed by atoms with van der Waals surface area (Å²) < 4.78 is 1.91. The van der Waals surface area contributed by atoms with E-state index in [0.717, 1.165) is 18.5 Å². The fourth-order valence-corrected chi connectivity index (χ4v) is 2.25. The van der Waals surface area contributed by atoms with E-state index >= 15 is 0 Å². The van der Waals surface area contributed by atoms with Gasteiger partial charge in [0.2, 0.25) is 0 Å². The second-order valence-corrected chi connectivity index (χ2v) is 4.96. The van der Waals surface area contributed by atoms with Gasteiger partial charge in [-0.3, -0.25) is 4.79 Å². The Morgan fingerprint density at radius 1 is 1.35 bits per heavy atom. The van der Waals surface area contributed by atoms with Crippen LogP contribution in [0.5, 0.6) is 0 Å². The lowest BCUT2D eigenvalue weighted by molar-refractivity contribution is 0.0930. The molecule has 2 rings (SSSR count). The average Bonchev–Trinajstić information content (AvgIpc) is 2.81. The molecule has 0 aliphatic rings. The minimum atomic E-state index is -0.0912. The lowest BCUT2D eigenvalue weighted by Crippen LogP contribution is -2.28. The molecule has 106 valence electrons. The van der Waals surface area contributed by atoms with Gasteiger partial charge in [0, 0.05) is 12.7 Å². The highest BCUT2D eigenvalue weighted by molar-refractivity contribution is 5.94. The zero-order chi connectivity index (χ0) is 14.5. The Labute approximate surface area is 119 Å². The molecule has 4 heteroatoms. The maximum Gasteiger partial charge on any atom is 0.268 e. The summed E-state index contributed by atoms with van der Waals surface area (Å²) in [5.74, 6) is -0.0912. The summed E-state index contributed by atoms with van der Waals surface area (Å²) in [6.07, 6.45) is 2.77. The third-order valence-corrected chi connectivity index (χ3v) is 3.26. The molecular weight excluding hydrogens is 250 g/mol. The highest BCUT2D eigenvalue weighted by Crippen LogP contribution is 2.15. The van der Waals surface area contributed by atoms with Gasteiger partial charge < -0.3 is 15.6 Å². The number of aromatic nitrogens is 1. The van der Waals surface area contributed by atoms with E-state index in [1.165, 1.54) is 0 Å². The van der Waals surface area contributed by atoms with Gasteiger partial charge in [0.05, 0.1) is 11.7 Å². The summed E-state index contributed by atoms with van der Waals surface area (Å²) in [6, 6.07) is 11.6. The van der Waals surface area contributed by atoms with Gasteiger partial charge >= 0.3 is 0 Å². The number of aryl methyl sites for hydroxylation is 1. The van der Waals surface area contributed by atoms with Gasteiger partial charge in [-0.1, -0.05) is 37.3 Å². The van der Waals surface area contributed by atoms with Crippen LogP contribution in [0.25, 0.3) is 0 Å². The number of rotatable bonds is 5.